The van der Waals surface area contributed by atoms with Gasteiger partial charge in [0, 0.05) is 0 Å². The molecule has 0 unspecified atom stereocenters. The van der Waals surface area contributed by atoms with Gasteiger partial charge in [-0.3, -0.25) is 4.79 Å². The van der Waals surface area contributed by atoms with Crippen LogP contribution in [0.2, 0.25) is 0 Å². The van der Waals surface area contributed by atoms with E-state index in [1.165, 1.54) is 29.0 Å². The predicted molar refractivity (Wildman–Crippen MR) is 69.1 cm³/mol. The maximum atomic E-state index is 11.3. The summed E-state index contributed by atoms with van der Waals surface area (Å²) in [6, 6.07) is 10.5. The summed E-state index contributed by atoms with van der Waals surface area (Å²) in [7, 11) is 1.42. The van der Waals surface area contributed by atoms with Gasteiger partial charge in [-0.1, -0.05) is 35.9 Å². The highest BCUT2D eigenvalue weighted by Crippen LogP contribution is 2.22. The van der Waals surface area contributed by atoms with Crippen LogP contribution in [0.1, 0.15) is 16.7 Å². The zero-order chi connectivity index (χ0) is 12.4. The van der Waals surface area contributed by atoms with E-state index < -0.39 is 0 Å². The zero-order valence-electron chi connectivity index (χ0n) is 10.4. The molecule has 0 aromatic heterocycles. The van der Waals surface area contributed by atoms with Crippen molar-refractivity contribution < 1.29 is 9.53 Å². The molecular weight excluding hydrogens is 212 g/mol. The topological polar surface area (TPSA) is 26.3 Å². The maximum Gasteiger partial charge on any atom is 0.309 e. The molecule has 0 amide bonds. The van der Waals surface area contributed by atoms with Crippen LogP contribution in [0.3, 0.4) is 0 Å². The SMILES string of the molecule is COC(=O)Cc1cc(C)c2cc(C)ccc2c1. The summed E-state index contributed by atoms with van der Waals surface area (Å²) in [6.07, 6.45) is 0.334. The van der Waals surface area contributed by atoms with Crippen LogP contribution in [0, 0.1) is 13.8 Å². The summed E-state index contributed by atoms with van der Waals surface area (Å²) in [5.74, 6) is -0.198. The van der Waals surface area contributed by atoms with Crippen LogP contribution in [0.5, 0.6) is 0 Å². The molecule has 0 aliphatic heterocycles. The first-order valence-corrected chi connectivity index (χ1v) is 5.67. The predicted octanol–water partition coefficient (Wildman–Crippen LogP) is 3.17. The average molecular weight is 228 g/mol. The number of hydrogen-bond donors (Lipinski definition) is 0. The van der Waals surface area contributed by atoms with Crippen LogP contribution in [0.15, 0.2) is 30.3 Å². The second-order valence-electron chi connectivity index (χ2n) is 4.39. The summed E-state index contributed by atoms with van der Waals surface area (Å²) in [5, 5.41) is 2.42. The van der Waals surface area contributed by atoms with E-state index in [9.17, 15) is 4.79 Å². The van der Waals surface area contributed by atoms with E-state index in [1.54, 1.807) is 0 Å². The summed E-state index contributed by atoms with van der Waals surface area (Å²) in [4.78, 5) is 11.3. The molecule has 2 rings (SSSR count). The highest BCUT2D eigenvalue weighted by atomic mass is 16.5. The number of carbonyl (C=O) groups excluding carboxylic acids is 1. The van der Waals surface area contributed by atoms with Gasteiger partial charge in [-0.25, -0.2) is 0 Å². The lowest BCUT2D eigenvalue weighted by atomic mass is 9.99. The Hall–Kier alpha value is -1.83. The molecule has 0 spiro atoms. The van der Waals surface area contributed by atoms with Crippen molar-refractivity contribution in [3.63, 3.8) is 0 Å². The molecule has 0 aliphatic carbocycles. The normalized spacial score (nSPS) is 10.5. The molecule has 2 heteroatoms. The van der Waals surface area contributed by atoms with Gasteiger partial charge in [0.25, 0.3) is 0 Å². The first kappa shape index (κ1) is 11.6. The molecular formula is C15H16O2. The third-order valence-electron chi connectivity index (χ3n) is 2.95. The molecule has 17 heavy (non-hydrogen) atoms. The fraction of sp³-hybridized carbons (Fsp3) is 0.267. The van der Waals surface area contributed by atoms with E-state index in [1.807, 2.05) is 0 Å². The number of methoxy groups -OCH3 is 1. The van der Waals surface area contributed by atoms with E-state index in [0.29, 0.717) is 6.42 Å². The van der Waals surface area contributed by atoms with Crippen molar-refractivity contribution in [3.05, 3.63) is 47.0 Å². The Kier molecular flexibility index (Phi) is 3.14. The molecule has 0 saturated carbocycles. The van der Waals surface area contributed by atoms with Crippen LogP contribution in [0.25, 0.3) is 10.8 Å². The number of carbonyl (C=O) groups is 1. The van der Waals surface area contributed by atoms with E-state index >= 15 is 0 Å². The Morgan fingerprint density at radius 2 is 1.94 bits per heavy atom. The Bertz CT molecular complexity index is 570. The number of rotatable bonds is 2. The Balaban J connectivity index is 2.48. The Morgan fingerprint density at radius 3 is 2.65 bits per heavy atom. The Morgan fingerprint density at radius 1 is 1.18 bits per heavy atom. The van der Waals surface area contributed by atoms with Crippen molar-refractivity contribution in [2.75, 3.05) is 7.11 Å². The van der Waals surface area contributed by atoms with Gasteiger partial charge in [0.15, 0.2) is 0 Å². The monoisotopic (exact) mass is 228 g/mol. The van der Waals surface area contributed by atoms with E-state index in [4.69, 9.17) is 0 Å². The van der Waals surface area contributed by atoms with Crippen molar-refractivity contribution in [1.82, 2.24) is 0 Å². The molecule has 2 nitrogen and oxygen atoms in total. The van der Waals surface area contributed by atoms with Gasteiger partial charge >= 0.3 is 5.97 Å². The third-order valence-corrected chi connectivity index (χ3v) is 2.95. The van der Waals surface area contributed by atoms with E-state index in [2.05, 4.69) is 48.9 Å². The number of benzene rings is 2. The number of aryl methyl sites for hydroxylation is 2. The quantitative estimate of drug-likeness (QED) is 0.738. The van der Waals surface area contributed by atoms with Crippen molar-refractivity contribution in [1.29, 1.82) is 0 Å². The zero-order valence-corrected chi connectivity index (χ0v) is 10.4. The summed E-state index contributed by atoms with van der Waals surface area (Å²) in [5.41, 5.74) is 3.46. The number of ether oxygens (including phenoxy) is 1. The van der Waals surface area contributed by atoms with Gasteiger partial charge in [0.05, 0.1) is 13.5 Å². The van der Waals surface area contributed by atoms with Crippen molar-refractivity contribution in [2.24, 2.45) is 0 Å². The van der Waals surface area contributed by atoms with Crippen LogP contribution in [-0.2, 0) is 16.0 Å². The first-order chi connectivity index (χ1) is 8.10. The molecule has 88 valence electrons. The molecule has 0 radical (unpaired) electrons. The molecule has 0 fully saturated rings. The van der Waals surface area contributed by atoms with Gasteiger partial charge in [0.1, 0.15) is 0 Å². The van der Waals surface area contributed by atoms with Crippen molar-refractivity contribution in [2.45, 2.75) is 20.3 Å². The molecule has 0 saturated heterocycles. The largest absolute Gasteiger partial charge is 0.469 e. The second kappa shape index (κ2) is 4.58. The van der Waals surface area contributed by atoms with Gasteiger partial charge in [-0.2, -0.15) is 0 Å². The highest BCUT2D eigenvalue weighted by molar-refractivity contribution is 5.88. The first-order valence-electron chi connectivity index (χ1n) is 5.67. The number of hydrogen-bond acceptors (Lipinski definition) is 2. The van der Waals surface area contributed by atoms with Crippen molar-refractivity contribution >= 4 is 16.7 Å². The molecule has 0 atom stereocenters. The number of fused-ring (bicyclic) bond motifs is 1. The van der Waals surface area contributed by atoms with Gasteiger partial charge in [-0.15, -0.1) is 0 Å². The minimum Gasteiger partial charge on any atom is -0.469 e. The third kappa shape index (κ3) is 2.47. The molecule has 2 aromatic carbocycles. The number of esters is 1. The van der Waals surface area contributed by atoms with Crippen LogP contribution < -0.4 is 0 Å². The summed E-state index contributed by atoms with van der Waals surface area (Å²) >= 11 is 0. The summed E-state index contributed by atoms with van der Waals surface area (Å²) < 4.78 is 4.69. The lowest BCUT2D eigenvalue weighted by Gasteiger charge is -2.07. The fourth-order valence-electron chi connectivity index (χ4n) is 2.08. The highest BCUT2D eigenvalue weighted by Gasteiger charge is 2.06. The van der Waals surface area contributed by atoms with Gasteiger partial charge < -0.3 is 4.74 Å². The lowest BCUT2D eigenvalue weighted by molar-refractivity contribution is -0.139. The average Bonchev–Trinajstić information content (AvgIpc) is 2.30. The molecule has 2 aromatic rings. The fourth-order valence-corrected chi connectivity index (χ4v) is 2.08. The second-order valence-corrected chi connectivity index (χ2v) is 4.39. The standard InChI is InChI=1S/C15H16O2/c1-10-4-5-13-8-12(9-15(16)17-3)7-11(2)14(13)6-10/h4-8H,9H2,1-3H3. The minimum absolute atomic E-state index is 0.198. The van der Waals surface area contributed by atoms with Crippen LogP contribution >= 0.6 is 0 Å². The molecule has 0 aliphatic rings. The van der Waals surface area contributed by atoms with E-state index in [-0.39, 0.29) is 5.97 Å². The lowest BCUT2D eigenvalue weighted by Crippen LogP contribution is -2.04. The molecule has 0 bridgehead atoms. The van der Waals surface area contributed by atoms with Crippen molar-refractivity contribution in [3.8, 4) is 0 Å². The van der Waals surface area contributed by atoms with Gasteiger partial charge in [0.2, 0.25) is 0 Å². The molecule has 0 N–H and O–H groups in total. The summed E-state index contributed by atoms with van der Waals surface area (Å²) in [6.45, 7) is 4.16. The smallest absolute Gasteiger partial charge is 0.309 e. The maximum absolute atomic E-state index is 11.3. The van der Waals surface area contributed by atoms with Gasteiger partial charge in [-0.05, 0) is 35.7 Å². The Labute approximate surface area is 101 Å². The van der Waals surface area contributed by atoms with E-state index in [0.717, 1.165) is 5.56 Å². The molecule has 0 heterocycles. The van der Waals surface area contributed by atoms with Crippen LogP contribution in [0.4, 0.5) is 0 Å². The van der Waals surface area contributed by atoms with Crippen LogP contribution in [-0.4, -0.2) is 13.1 Å². The minimum atomic E-state index is -0.198.